The summed E-state index contributed by atoms with van der Waals surface area (Å²) in [5.74, 6) is 1.62. The third-order valence-electron chi connectivity index (χ3n) is 3.11. The van der Waals surface area contributed by atoms with E-state index in [1.165, 1.54) is 5.56 Å². The largest absolute Gasteiger partial charge is 0.486 e. The average molecular weight is 264 g/mol. The highest BCUT2D eigenvalue weighted by atomic mass is 16.6. The Bertz CT molecular complexity index is 448. The fraction of sp³-hybridized carbons (Fsp3) is 0.500. The molecule has 0 fully saturated rings. The van der Waals surface area contributed by atoms with Gasteiger partial charge in [-0.15, -0.1) is 0 Å². The van der Waals surface area contributed by atoms with Crippen LogP contribution in [0.25, 0.3) is 0 Å². The van der Waals surface area contributed by atoms with Crippen LogP contribution < -0.4 is 20.1 Å². The van der Waals surface area contributed by atoms with Gasteiger partial charge in [0.2, 0.25) is 5.91 Å². The maximum atomic E-state index is 11.3. The van der Waals surface area contributed by atoms with Gasteiger partial charge in [0, 0.05) is 7.05 Å². The van der Waals surface area contributed by atoms with Crippen LogP contribution in [0, 0.1) is 0 Å². The number of carbonyl (C=O) groups excluding carboxylic acids is 1. The van der Waals surface area contributed by atoms with Crippen molar-refractivity contribution in [2.24, 2.45) is 0 Å². The molecule has 5 heteroatoms. The molecule has 0 saturated heterocycles. The van der Waals surface area contributed by atoms with Crippen molar-refractivity contribution in [1.82, 2.24) is 10.6 Å². The second kappa shape index (κ2) is 6.43. The summed E-state index contributed by atoms with van der Waals surface area (Å²) in [7, 11) is 1.64. The molecule has 0 aromatic heterocycles. The van der Waals surface area contributed by atoms with Crippen molar-refractivity contribution >= 4 is 5.91 Å². The summed E-state index contributed by atoms with van der Waals surface area (Å²) in [6.45, 7) is 3.80. The van der Waals surface area contributed by atoms with Crippen LogP contribution in [0.3, 0.4) is 0 Å². The molecule has 0 saturated carbocycles. The molecule has 0 bridgehead atoms. The van der Waals surface area contributed by atoms with E-state index in [9.17, 15) is 4.79 Å². The average Bonchev–Trinajstić information content (AvgIpc) is 2.46. The molecule has 0 aliphatic carbocycles. The second-order valence-electron chi connectivity index (χ2n) is 4.52. The lowest BCUT2D eigenvalue weighted by atomic mass is 10.1. The van der Waals surface area contributed by atoms with Crippen molar-refractivity contribution in [2.45, 2.75) is 19.4 Å². The lowest BCUT2D eigenvalue weighted by molar-refractivity contribution is -0.122. The van der Waals surface area contributed by atoms with Crippen LogP contribution >= 0.6 is 0 Å². The van der Waals surface area contributed by atoms with Crippen LogP contribution in [0.2, 0.25) is 0 Å². The number of nitrogens with one attached hydrogen (secondary N) is 2. The van der Waals surface area contributed by atoms with Gasteiger partial charge in [-0.2, -0.15) is 0 Å². The number of hydrogen-bond donors (Lipinski definition) is 2. The van der Waals surface area contributed by atoms with Gasteiger partial charge in [-0.25, -0.2) is 0 Å². The molecule has 1 amide bonds. The lowest BCUT2D eigenvalue weighted by Crippen LogP contribution is -2.41. The van der Waals surface area contributed by atoms with Gasteiger partial charge in [0.05, 0.1) is 6.04 Å². The molecule has 1 aromatic rings. The SMILES string of the molecule is CNC(=O)C(C)NCCc1ccc2c(c1)OCCO2. The summed E-state index contributed by atoms with van der Waals surface area (Å²) in [5.41, 5.74) is 1.17. The number of hydrogen-bond acceptors (Lipinski definition) is 4. The second-order valence-corrected chi connectivity index (χ2v) is 4.52. The van der Waals surface area contributed by atoms with E-state index in [1.807, 2.05) is 25.1 Å². The summed E-state index contributed by atoms with van der Waals surface area (Å²) >= 11 is 0. The minimum absolute atomic E-state index is 0.00201. The number of amides is 1. The van der Waals surface area contributed by atoms with Crippen LogP contribution in [-0.4, -0.2) is 38.8 Å². The Balaban J connectivity index is 1.85. The molecule has 1 atom stereocenters. The number of fused-ring (bicyclic) bond motifs is 1. The zero-order valence-corrected chi connectivity index (χ0v) is 11.4. The van der Waals surface area contributed by atoms with E-state index >= 15 is 0 Å². The van der Waals surface area contributed by atoms with Gasteiger partial charge < -0.3 is 20.1 Å². The Labute approximate surface area is 113 Å². The van der Waals surface area contributed by atoms with E-state index < -0.39 is 0 Å². The minimum Gasteiger partial charge on any atom is -0.486 e. The molecule has 0 spiro atoms. The molecule has 0 radical (unpaired) electrons. The number of likely N-dealkylation sites (N-methyl/N-ethyl adjacent to an activating group) is 1. The van der Waals surface area contributed by atoms with E-state index in [-0.39, 0.29) is 11.9 Å². The van der Waals surface area contributed by atoms with E-state index in [1.54, 1.807) is 7.05 Å². The fourth-order valence-corrected chi connectivity index (χ4v) is 1.99. The summed E-state index contributed by atoms with van der Waals surface area (Å²) < 4.78 is 11.0. The predicted molar refractivity (Wildman–Crippen MR) is 72.7 cm³/mol. The summed E-state index contributed by atoms with van der Waals surface area (Å²) in [6.07, 6.45) is 0.845. The standard InChI is InChI=1S/C14H20N2O3/c1-10(14(17)15-2)16-6-5-11-3-4-12-13(9-11)19-8-7-18-12/h3-4,9-10,16H,5-8H2,1-2H3,(H,15,17). The molecule has 1 unspecified atom stereocenters. The van der Waals surface area contributed by atoms with E-state index in [2.05, 4.69) is 10.6 Å². The smallest absolute Gasteiger partial charge is 0.236 e. The first-order chi connectivity index (χ1) is 9.20. The molecule has 1 aromatic carbocycles. The van der Waals surface area contributed by atoms with Crippen LogP contribution in [0.4, 0.5) is 0 Å². The monoisotopic (exact) mass is 264 g/mol. The normalized spacial score (nSPS) is 14.8. The van der Waals surface area contributed by atoms with Crippen LogP contribution in [0.15, 0.2) is 18.2 Å². The molecule has 104 valence electrons. The zero-order chi connectivity index (χ0) is 13.7. The quantitative estimate of drug-likeness (QED) is 0.823. The summed E-state index contributed by atoms with van der Waals surface area (Å²) in [4.78, 5) is 11.3. The number of benzene rings is 1. The molecule has 19 heavy (non-hydrogen) atoms. The lowest BCUT2D eigenvalue weighted by Gasteiger charge is -2.19. The summed E-state index contributed by atoms with van der Waals surface area (Å²) in [6, 6.07) is 5.79. The van der Waals surface area contributed by atoms with Crippen molar-refractivity contribution in [3.05, 3.63) is 23.8 Å². The number of carbonyl (C=O) groups is 1. The Kier molecular flexibility index (Phi) is 4.63. The van der Waals surface area contributed by atoms with Crippen molar-refractivity contribution < 1.29 is 14.3 Å². The maximum absolute atomic E-state index is 11.3. The van der Waals surface area contributed by atoms with Gasteiger partial charge in [-0.05, 0) is 37.6 Å². The molecule has 2 rings (SSSR count). The Morgan fingerprint density at radius 1 is 1.32 bits per heavy atom. The van der Waals surface area contributed by atoms with Gasteiger partial charge in [0.25, 0.3) is 0 Å². The zero-order valence-electron chi connectivity index (χ0n) is 11.4. The van der Waals surface area contributed by atoms with Gasteiger partial charge in [-0.1, -0.05) is 6.07 Å². The molecule has 1 aliphatic heterocycles. The molecular formula is C14H20N2O3. The first-order valence-electron chi connectivity index (χ1n) is 6.54. The summed E-state index contributed by atoms with van der Waals surface area (Å²) in [5, 5.41) is 5.79. The van der Waals surface area contributed by atoms with E-state index in [0.29, 0.717) is 13.2 Å². The van der Waals surface area contributed by atoms with E-state index in [4.69, 9.17) is 9.47 Å². The maximum Gasteiger partial charge on any atom is 0.236 e. The van der Waals surface area contributed by atoms with Crippen LogP contribution in [0.5, 0.6) is 11.5 Å². The van der Waals surface area contributed by atoms with Gasteiger partial charge in [0.15, 0.2) is 11.5 Å². The number of ether oxygens (including phenoxy) is 2. The van der Waals surface area contributed by atoms with Gasteiger partial charge in [0.1, 0.15) is 13.2 Å². The highest BCUT2D eigenvalue weighted by Crippen LogP contribution is 2.30. The molecule has 5 nitrogen and oxygen atoms in total. The Morgan fingerprint density at radius 3 is 2.79 bits per heavy atom. The van der Waals surface area contributed by atoms with Crippen LogP contribution in [0.1, 0.15) is 12.5 Å². The topological polar surface area (TPSA) is 59.6 Å². The van der Waals surface area contributed by atoms with Crippen LogP contribution in [-0.2, 0) is 11.2 Å². The van der Waals surface area contributed by atoms with E-state index in [0.717, 1.165) is 24.5 Å². The van der Waals surface area contributed by atoms with Crippen molar-refractivity contribution in [1.29, 1.82) is 0 Å². The van der Waals surface area contributed by atoms with Crippen molar-refractivity contribution in [3.63, 3.8) is 0 Å². The fourth-order valence-electron chi connectivity index (χ4n) is 1.99. The molecular weight excluding hydrogens is 244 g/mol. The highest BCUT2D eigenvalue weighted by Gasteiger charge is 2.12. The first kappa shape index (κ1) is 13.7. The minimum atomic E-state index is -0.179. The Morgan fingerprint density at radius 2 is 2.05 bits per heavy atom. The van der Waals surface area contributed by atoms with Gasteiger partial charge in [-0.3, -0.25) is 4.79 Å². The molecule has 1 aliphatic rings. The third-order valence-corrected chi connectivity index (χ3v) is 3.11. The Hall–Kier alpha value is -1.75. The van der Waals surface area contributed by atoms with Crippen molar-refractivity contribution in [2.75, 3.05) is 26.8 Å². The van der Waals surface area contributed by atoms with Crippen molar-refractivity contribution in [3.8, 4) is 11.5 Å². The molecule has 1 heterocycles. The highest BCUT2D eigenvalue weighted by molar-refractivity contribution is 5.80. The molecule has 2 N–H and O–H groups in total. The predicted octanol–water partition coefficient (Wildman–Crippen LogP) is 0.724. The first-order valence-corrected chi connectivity index (χ1v) is 6.54. The third kappa shape index (κ3) is 3.61. The van der Waals surface area contributed by atoms with Gasteiger partial charge >= 0.3 is 0 Å². The number of rotatable bonds is 5.